The number of carboxylic acid groups (broad SMARTS) is 1. The number of hydrogen-bond acceptors (Lipinski definition) is 6. The van der Waals surface area contributed by atoms with Crippen molar-refractivity contribution in [3.05, 3.63) is 59.9 Å². The van der Waals surface area contributed by atoms with Gasteiger partial charge in [0.25, 0.3) is 0 Å². The number of benzene rings is 1. The molecule has 1 N–H and O–H groups in total. The molecule has 2 aromatic heterocycles. The van der Waals surface area contributed by atoms with Crippen LogP contribution < -0.4 is 4.74 Å². The van der Waals surface area contributed by atoms with Crippen LogP contribution in [0.5, 0.6) is 5.75 Å². The van der Waals surface area contributed by atoms with Gasteiger partial charge in [0.2, 0.25) is 0 Å². The number of thioether (sulfide) groups is 1. The highest BCUT2D eigenvalue weighted by Crippen LogP contribution is 2.43. The Kier molecular flexibility index (Phi) is 8.80. The highest BCUT2D eigenvalue weighted by molar-refractivity contribution is 7.99. The Bertz CT molecular complexity index is 1170. The molecule has 1 atom stereocenters. The summed E-state index contributed by atoms with van der Waals surface area (Å²) in [6.45, 7) is 4.48. The van der Waals surface area contributed by atoms with E-state index in [2.05, 4.69) is 14.9 Å². The molecule has 0 saturated carbocycles. The summed E-state index contributed by atoms with van der Waals surface area (Å²) in [7, 11) is 1.59. The van der Waals surface area contributed by atoms with Crippen LogP contribution in [0.2, 0.25) is 0 Å². The highest BCUT2D eigenvalue weighted by atomic mass is 32.2. The normalized spacial score (nSPS) is 16.6. The van der Waals surface area contributed by atoms with E-state index in [0.29, 0.717) is 24.2 Å². The maximum absolute atomic E-state index is 15.8. The summed E-state index contributed by atoms with van der Waals surface area (Å²) in [6.07, 6.45) is 4.78. The maximum Gasteiger partial charge on any atom is 0.303 e. The lowest BCUT2D eigenvalue weighted by Gasteiger charge is -2.41. The van der Waals surface area contributed by atoms with Crippen molar-refractivity contribution in [1.82, 2.24) is 14.9 Å². The standard InChI is InChI=1S/C28H34FN3O3S/c1-20-19-31-24-7-6-21(35-2)17-22(24)27(20)23(29)8-9-28(18-26(33)34)10-13-32(14-11-28)15-16-36-25-5-3-4-12-30-25/h3-7,12,17,19,23H,8-11,13-16,18H2,1-2H3,(H,33,34)/t23-/m0/s1. The topological polar surface area (TPSA) is 75.6 Å². The molecule has 0 amide bonds. The molecular formula is C28H34FN3O3S. The number of aliphatic carboxylic acids is 1. The van der Waals surface area contributed by atoms with Crippen molar-refractivity contribution >= 4 is 28.6 Å². The smallest absolute Gasteiger partial charge is 0.303 e. The van der Waals surface area contributed by atoms with E-state index >= 15 is 4.39 Å². The predicted molar refractivity (Wildman–Crippen MR) is 141 cm³/mol. The van der Waals surface area contributed by atoms with E-state index in [4.69, 9.17) is 4.74 Å². The summed E-state index contributed by atoms with van der Waals surface area (Å²) in [5, 5.41) is 11.4. The van der Waals surface area contributed by atoms with Crippen LogP contribution in [0.15, 0.2) is 53.8 Å². The fourth-order valence-electron chi connectivity index (χ4n) is 5.21. The first-order chi connectivity index (χ1) is 17.4. The zero-order valence-corrected chi connectivity index (χ0v) is 21.8. The number of methoxy groups -OCH3 is 1. The Balaban J connectivity index is 1.39. The summed E-state index contributed by atoms with van der Waals surface area (Å²) in [5.41, 5.74) is 1.79. The number of aromatic nitrogens is 2. The number of pyridine rings is 2. The van der Waals surface area contributed by atoms with E-state index in [1.54, 1.807) is 31.3 Å². The van der Waals surface area contributed by atoms with Crippen LogP contribution in [0.25, 0.3) is 10.9 Å². The number of carboxylic acids is 1. The number of carbonyl (C=O) groups is 1. The van der Waals surface area contributed by atoms with Crippen LogP contribution in [-0.2, 0) is 4.79 Å². The molecule has 8 heteroatoms. The average Bonchev–Trinajstić information content (AvgIpc) is 2.88. The van der Waals surface area contributed by atoms with Crippen LogP contribution in [0.4, 0.5) is 4.39 Å². The van der Waals surface area contributed by atoms with Crippen molar-refractivity contribution in [2.75, 3.05) is 32.5 Å². The van der Waals surface area contributed by atoms with Crippen molar-refractivity contribution in [2.24, 2.45) is 5.41 Å². The largest absolute Gasteiger partial charge is 0.497 e. The molecular weight excluding hydrogens is 477 g/mol. The monoisotopic (exact) mass is 511 g/mol. The van der Waals surface area contributed by atoms with Gasteiger partial charge in [-0.15, -0.1) is 11.8 Å². The molecule has 1 aromatic carbocycles. The van der Waals surface area contributed by atoms with Crippen LogP contribution in [-0.4, -0.2) is 58.4 Å². The molecule has 0 aliphatic carbocycles. The molecule has 0 spiro atoms. The van der Waals surface area contributed by atoms with E-state index in [0.717, 1.165) is 59.7 Å². The molecule has 192 valence electrons. The summed E-state index contributed by atoms with van der Waals surface area (Å²) < 4.78 is 21.1. The second-order valence-electron chi connectivity index (χ2n) is 9.67. The van der Waals surface area contributed by atoms with Gasteiger partial charge in [-0.2, -0.15) is 0 Å². The van der Waals surface area contributed by atoms with Gasteiger partial charge in [-0.1, -0.05) is 6.07 Å². The molecule has 0 unspecified atom stereocenters. The molecule has 3 aromatic rings. The summed E-state index contributed by atoms with van der Waals surface area (Å²) in [4.78, 5) is 22.9. The number of hydrogen-bond donors (Lipinski definition) is 1. The highest BCUT2D eigenvalue weighted by Gasteiger charge is 2.37. The van der Waals surface area contributed by atoms with Gasteiger partial charge in [-0.05, 0) is 92.6 Å². The lowest BCUT2D eigenvalue weighted by Crippen LogP contribution is -2.42. The third-order valence-corrected chi connectivity index (χ3v) is 8.22. The first kappa shape index (κ1) is 26.4. The number of rotatable bonds is 11. The molecule has 6 nitrogen and oxygen atoms in total. The van der Waals surface area contributed by atoms with Crippen molar-refractivity contribution in [3.8, 4) is 5.75 Å². The Morgan fingerprint density at radius 3 is 2.75 bits per heavy atom. The van der Waals surface area contributed by atoms with E-state index in [9.17, 15) is 9.90 Å². The molecule has 4 rings (SSSR count). The van der Waals surface area contributed by atoms with Gasteiger partial charge in [0.1, 0.15) is 11.9 Å². The predicted octanol–water partition coefficient (Wildman–Crippen LogP) is 6.09. The Labute approximate surface area is 216 Å². The van der Waals surface area contributed by atoms with Crippen molar-refractivity contribution in [2.45, 2.75) is 50.2 Å². The number of halogens is 1. The molecule has 0 radical (unpaired) electrons. The Morgan fingerprint density at radius 1 is 1.25 bits per heavy atom. The maximum atomic E-state index is 15.8. The zero-order valence-electron chi connectivity index (χ0n) is 21.0. The number of likely N-dealkylation sites (tertiary alicyclic amines) is 1. The molecule has 36 heavy (non-hydrogen) atoms. The summed E-state index contributed by atoms with van der Waals surface area (Å²) >= 11 is 1.73. The van der Waals surface area contributed by atoms with Crippen LogP contribution in [0.1, 0.15) is 49.4 Å². The number of ether oxygens (including phenoxy) is 1. The van der Waals surface area contributed by atoms with Crippen LogP contribution >= 0.6 is 11.8 Å². The van der Waals surface area contributed by atoms with Gasteiger partial charge < -0.3 is 14.7 Å². The van der Waals surface area contributed by atoms with Gasteiger partial charge in [0.15, 0.2) is 0 Å². The number of piperidine rings is 1. The minimum Gasteiger partial charge on any atom is -0.497 e. The molecule has 3 heterocycles. The van der Waals surface area contributed by atoms with Crippen LogP contribution in [0, 0.1) is 12.3 Å². The Morgan fingerprint density at radius 2 is 2.06 bits per heavy atom. The quantitative estimate of drug-likeness (QED) is 0.312. The first-order valence-corrected chi connectivity index (χ1v) is 13.4. The van der Waals surface area contributed by atoms with Crippen molar-refractivity contribution < 1.29 is 19.0 Å². The van der Waals surface area contributed by atoms with Gasteiger partial charge in [-0.25, -0.2) is 9.37 Å². The number of nitrogens with zero attached hydrogens (tertiary/aromatic N) is 3. The molecule has 0 bridgehead atoms. The number of fused-ring (bicyclic) bond motifs is 1. The lowest BCUT2D eigenvalue weighted by atomic mass is 9.71. The fraction of sp³-hybridized carbons (Fsp3) is 0.464. The third-order valence-electron chi connectivity index (χ3n) is 7.30. The molecule has 1 aliphatic heterocycles. The number of aryl methyl sites for hydroxylation is 1. The SMILES string of the molecule is COc1ccc2ncc(C)c([C@@H](F)CCC3(CC(=O)O)CCN(CCSc4ccccn4)CC3)c2c1. The molecule has 1 saturated heterocycles. The second-order valence-corrected chi connectivity index (χ2v) is 10.8. The van der Waals surface area contributed by atoms with Gasteiger partial charge >= 0.3 is 5.97 Å². The van der Waals surface area contributed by atoms with E-state index in [1.165, 1.54) is 0 Å². The van der Waals surface area contributed by atoms with Crippen molar-refractivity contribution in [3.63, 3.8) is 0 Å². The average molecular weight is 512 g/mol. The minimum atomic E-state index is -1.19. The molecule has 1 fully saturated rings. The van der Waals surface area contributed by atoms with Gasteiger partial charge in [-0.3, -0.25) is 9.78 Å². The van der Waals surface area contributed by atoms with Gasteiger partial charge in [0.05, 0.1) is 24.1 Å². The van der Waals surface area contributed by atoms with E-state index in [1.807, 2.05) is 43.3 Å². The zero-order chi connectivity index (χ0) is 25.5. The summed E-state index contributed by atoms with van der Waals surface area (Å²) in [6, 6.07) is 11.4. The van der Waals surface area contributed by atoms with Crippen LogP contribution in [0.3, 0.4) is 0 Å². The molecule has 1 aliphatic rings. The van der Waals surface area contributed by atoms with E-state index in [-0.39, 0.29) is 11.8 Å². The van der Waals surface area contributed by atoms with Crippen molar-refractivity contribution in [1.29, 1.82) is 0 Å². The lowest BCUT2D eigenvalue weighted by molar-refractivity contribution is -0.141. The van der Waals surface area contributed by atoms with E-state index < -0.39 is 12.1 Å². The Hall–Kier alpha value is -2.71. The minimum absolute atomic E-state index is 0.0835. The second kappa shape index (κ2) is 12.0. The van der Waals surface area contributed by atoms with Gasteiger partial charge in [0, 0.05) is 30.1 Å². The first-order valence-electron chi connectivity index (χ1n) is 12.4. The summed E-state index contributed by atoms with van der Waals surface area (Å²) in [5.74, 6) is 0.798. The third kappa shape index (κ3) is 6.53. The number of alkyl halides is 1. The fourth-order valence-corrected chi connectivity index (χ4v) is 6.08.